The van der Waals surface area contributed by atoms with E-state index in [1.165, 1.54) is 5.69 Å². The maximum atomic E-state index is 6.20. The van der Waals surface area contributed by atoms with Gasteiger partial charge in [-0.3, -0.25) is 0 Å². The number of rotatable bonds is 2. The van der Waals surface area contributed by atoms with E-state index in [2.05, 4.69) is 27.9 Å². The summed E-state index contributed by atoms with van der Waals surface area (Å²) in [5.74, 6) is 1.16. The fraction of sp³-hybridized carbons (Fsp3) is 0.158. The van der Waals surface area contributed by atoms with Gasteiger partial charge in [0.15, 0.2) is 0 Å². The Morgan fingerprint density at radius 2 is 2.04 bits per heavy atom. The molecule has 3 aromatic heterocycles. The fourth-order valence-electron chi connectivity index (χ4n) is 3.52. The van der Waals surface area contributed by atoms with Gasteiger partial charge in [-0.2, -0.15) is 0 Å². The Kier molecular flexibility index (Phi) is 3.00. The van der Waals surface area contributed by atoms with Gasteiger partial charge in [0.2, 0.25) is 0 Å². The van der Waals surface area contributed by atoms with Crippen molar-refractivity contribution in [2.45, 2.75) is 19.4 Å². The highest BCUT2D eigenvalue weighted by Crippen LogP contribution is 2.36. The Bertz CT molecular complexity index is 1060. The van der Waals surface area contributed by atoms with Gasteiger partial charge in [0.25, 0.3) is 0 Å². The lowest BCUT2D eigenvalue weighted by molar-refractivity contribution is 0.756. The lowest BCUT2D eigenvalue weighted by atomic mass is 10.1. The maximum absolute atomic E-state index is 6.20. The summed E-state index contributed by atoms with van der Waals surface area (Å²) in [5.41, 5.74) is 5.33. The van der Waals surface area contributed by atoms with Crippen LogP contribution in [-0.2, 0) is 13.0 Å². The highest BCUT2D eigenvalue weighted by molar-refractivity contribution is 6.30. The quantitative estimate of drug-likeness (QED) is 0.542. The molecular weight excluding hydrogens is 320 g/mol. The zero-order valence-electron chi connectivity index (χ0n) is 13.0. The molecule has 5 heteroatoms. The number of aromatic nitrogens is 4. The minimum Gasteiger partial charge on any atom is -0.327 e. The summed E-state index contributed by atoms with van der Waals surface area (Å²) in [5, 5.41) is 0.733. The van der Waals surface area contributed by atoms with Crippen LogP contribution in [0.1, 0.15) is 12.2 Å². The second kappa shape index (κ2) is 5.21. The molecule has 118 valence electrons. The molecule has 0 aliphatic carbocycles. The van der Waals surface area contributed by atoms with Gasteiger partial charge in [-0.05, 0) is 30.7 Å². The summed E-state index contributed by atoms with van der Waals surface area (Å²) in [4.78, 5) is 9.25. The van der Waals surface area contributed by atoms with Gasteiger partial charge in [-0.1, -0.05) is 23.7 Å². The standard InChI is InChI=1S/C19H15ClN4/c20-15-4-1-3-13(11-15)18-19(24-9-2-5-17(24)22-18)14-6-7-16-21-8-10-23(16)12-14/h1,3-4,6-8,10-12H,2,5,9H2. The average Bonchev–Trinajstić information content (AvgIpc) is 3.29. The monoisotopic (exact) mass is 334 g/mol. The number of pyridine rings is 1. The number of hydrogen-bond donors (Lipinski definition) is 0. The molecule has 0 fully saturated rings. The Labute approximate surface area is 144 Å². The van der Waals surface area contributed by atoms with E-state index in [1.807, 2.05) is 41.1 Å². The van der Waals surface area contributed by atoms with Crippen molar-refractivity contribution in [1.29, 1.82) is 0 Å². The number of nitrogens with zero attached hydrogens (tertiary/aromatic N) is 4. The predicted molar refractivity (Wildman–Crippen MR) is 95.2 cm³/mol. The van der Waals surface area contributed by atoms with Crippen molar-refractivity contribution in [2.24, 2.45) is 0 Å². The van der Waals surface area contributed by atoms with Gasteiger partial charge in [-0.15, -0.1) is 0 Å². The van der Waals surface area contributed by atoms with Gasteiger partial charge in [0, 0.05) is 47.7 Å². The van der Waals surface area contributed by atoms with Crippen LogP contribution in [0.3, 0.4) is 0 Å². The first-order chi connectivity index (χ1) is 11.8. The molecule has 0 radical (unpaired) electrons. The third-order valence-corrected chi connectivity index (χ3v) is 4.82. The van der Waals surface area contributed by atoms with E-state index in [0.29, 0.717) is 0 Å². The maximum Gasteiger partial charge on any atom is 0.136 e. The van der Waals surface area contributed by atoms with Crippen LogP contribution < -0.4 is 0 Å². The molecule has 0 amide bonds. The van der Waals surface area contributed by atoms with Gasteiger partial charge in [0.1, 0.15) is 11.5 Å². The highest BCUT2D eigenvalue weighted by atomic mass is 35.5. The third kappa shape index (κ3) is 2.07. The number of halogens is 1. The van der Waals surface area contributed by atoms with Crippen LogP contribution in [0.4, 0.5) is 0 Å². The van der Waals surface area contributed by atoms with Crippen molar-refractivity contribution in [3.63, 3.8) is 0 Å². The number of hydrogen-bond acceptors (Lipinski definition) is 2. The number of fused-ring (bicyclic) bond motifs is 2. The van der Waals surface area contributed by atoms with E-state index in [9.17, 15) is 0 Å². The number of imidazole rings is 2. The minimum absolute atomic E-state index is 0.733. The van der Waals surface area contributed by atoms with Crippen molar-refractivity contribution < 1.29 is 0 Å². The van der Waals surface area contributed by atoms with Gasteiger partial charge >= 0.3 is 0 Å². The molecular formula is C19H15ClN4. The van der Waals surface area contributed by atoms with E-state index in [1.54, 1.807) is 0 Å². The predicted octanol–water partition coefficient (Wildman–Crippen LogP) is 4.46. The molecule has 0 unspecified atom stereocenters. The van der Waals surface area contributed by atoms with Crippen molar-refractivity contribution in [3.05, 3.63) is 65.8 Å². The SMILES string of the molecule is Clc1cccc(-c2nc3n(c2-c2ccc4nccn4c2)CCC3)c1. The molecule has 0 spiro atoms. The Balaban J connectivity index is 1.77. The minimum atomic E-state index is 0.733. The van der Waals surface area contributed by atoms with Crippen molar-refractivity contribution in [2.75, 3.05) is 0 Å². The molecule has 5 rings (SSSR count). The van der Waals surface area contributed by atoms with Crippen LogP contribution in [0.5, 0.6) is 0 Å². The van der Waals surface area contributed by atoms with Crippen LogP contribution >= 0.6 is 11.6 Å². The van der Waals surface area contributed by atoms with Crippen LogP contribution in [0.2, 0.25) is 5.02 Å². The van der Waals surface area contributed by atoms with E-state index in [0.717, 1.165) is 52.7 Å². The summed E-state index contributed by atoms with van der Waals surface area (Å²) in [7, 11) is 0. The van der Waals surface area contributed by atoms with Gasteiger partial charge < -0.3 is 8.97 Å². The van der Waals surface area contributed by atoms with Gasteiger partial charge in [-0.25, -0.2) is 9.97 Å². The smallest absolute Gasteiger partial charge is 0.136 e. The molecule has 0 saturated carbocycles. The van der Waals surface area contributed by atoms with Gasteiger partial charge in [0.05, 0.1) is 11.4 Å². The molecule has 24 heavy (non-hydrogen) atoms. The highest BCUT2D eigenvalue weighted by Gasteiger charge is 2.23. The third-order valence-electron chi connectivity index (χ3n) is 4.59. The second-order valence-corrected chi connectivity index (χ2v) is 6.54. The van der Waals surface area contributed by atoms with Crippen LogP contribution in [0.25, 0.3) is 28.2 Å². The zero-order chi connectivity index (χ0) is 16.1. The van der Waals surface area contributed by atoms with E-state index in [-0.39, 0.29) is 0 Å². The largest absolute Gasteiger partial charge is 0.327 e. The first-order valence-corrected chi connectivity index (χ1v) is 8.46. The van der Waals surface area contributed by atoms with E-state index < -0.39 is 0 Å². The van der Waals surface area contributed by atoms with Crippen LogP contribution in [0.15, 0.2) is 55.0 Å². The summed E-state index contributed by atoms with van der Waals surface area (Å²) in [6.07, 6.45) is 8.09. The molecule has 1 aromatic carbocycles. The molecule has 4 heterocycles. The zero-order valence-corrected chi connectivity index (χ0v) is 13.7. The Morgan fingerprint density at radius 3 is 2.96 bits per heavy atom. The van der Waals surface area contributed by atoms with Crippen LogP contribution in [-0.4, -0.2) is 18.9 Å². The summed E-state index contributed by atoms with van der Waals surface area (Å²) in [6.45, 7) is 1.01. The molecule has 4 nitrogen and oxygen atoms in total. The second-order valence-electron chi connectivity index (χ2n) is 6.10. The van der Waals surface area contributed by atoms with Crippen molar-refractivity contribution in [1.82, 2.24) is 18.9 Å². The molecule has 4 aromatic rings. The lowest BCUT2D eigenvalue weighted by Gasteiger charge is -2.09. The topological polar surface area (TPSA) is 35.1 Å². The van der Waals surface area contributed by atoms with E-state index >= 15 is 0 Å². The summed E-state index contributed by atoms with van der Waals surface area (Å²) in [6, 6.07) is 12.1. The summed E-state index contributed by atoms with van der Waals surface area (Å²) >= 11 is 6.20. The first kappa shape index (κ1) is 13.8. The Hall–Kier alpha value is -2.59. The van der Waals surface area contributed by atoms with Crippen molar-refractivity contribution >= 4 is 17.2 Å². The normalized spacial score (nSPS) is 13.5. The van der Waals surface area contributed by atoms with Crippen LogP contribution in [0, 0.1) is 0 Å². The fourth-order valence-corrected chi connectivity index (χ4v) is 3.71. The number of benzene rings is 1. The molecule has 1 aliphatic rings. The molecule has 0 bridgehead atoms. The molecule has 1 aliphatic heterocycles. The van der Waals surface area contributed by atoms with Crippen molar-refractivity contribution in [3.8, 4) is 22.5 Å². The average molecular weight is 335 g/mol. The van der Waals surface area contributed by atoms with E-state index in [4.69, 9.17) is 16.6 Å². The molecule has 0 saturated heterocycles. The first-order valence-electron chi connectivity index (χ1n) is 8.08. The Morgan fingerprint density at radius 1 is 1.08 bits per heavy atom. The lowest BCUT2D eigenvalue weighted by Crippen LogP contribution is -1.97. The molecule has 0 atom stereocenters. The number of aryl methyl sites for hydroxylation is 1. The summed E-state index contributed by atoms with van der Waals surface area (Å²) < 4.78 is 4.39. The molecule has 0 N–H and O–H groups in total.